The quantitative estimate of drug-likeness (QED) is 0.340. The molecule has 0 aliphatic carbocycles. The van der Waals surface area contributed by atoms with Gasteiger partial charge in [0.1, 0.15) is 18.5 Å². The molecule has 136 valence electrons. The number of rotatable bonds is 6. The van der Waals surface area contributed by atoms with Gasteiger partial charge in [0.15, 0.2) is 5.78 Å². The summed E-state index contributed by atoms with van der Waals surface area (Å²) in [6.07, 6.45) is 0.0249. The maximum atomic E-state index is 12.9. The molecule has 0 aromatic heterocycles. The lowest BCUT2D eigenvalue weighted by molar-refractivity contribution is -0.385. The normalized spacial score (nSPS) is 16.2. The third-order valence-corrected chi connectivity index (χ3v) is 4.19. The van der Waals surface area contributed by atoms with E-state index in [0.717, 1.165) is 5.56 Å². The number of hydrogen-bond donors (Lipinski definition) is 0. The van der Waals surface area contributed by atoms with Crippen LogP contribution >= 0.6 is 0 Å². The molecular formula is C20H21NO5. The van der Waals surface area contributed by atoms with Crippen molar-refractivity contribution >= 4 is 11.5 Å². The molecule has 0 radical (unpaired) electrons. The number of non-ortho nitro benzene ring substituents is 1. The number of benzene rings is 2. The number of ether oxygens (including phenoxy) is 2. The van der Waals surface area contributed by atoms with E-state index in [1.807, 2.05) is 18.2 Å². The second-order valence-corrected chi connectivity index (χ2v) is 7.40. The fourth-order valence-electron chi connectivity index (χ4n) is 2.55. The molecule has 1 unspecified atom stereocenters. The summed E-state index contributed by atoms with van der Waals surface area (Å²) in [5, 5.41) is 11.2. The molecule has 1 saturated heterocycles. The van der Waals surface area contributed by atoms with Crippen LogP contribution in [0.1, 0.15) is 42.3 Å². The molecule has 0 spiro atoms. The minimum atomic E-state index is -0.525. The molecule has 3 rings (SSSR count). The van der Waals surface area contributed by atoms with Gasteiger partial charge in [-0.25, -0.2) is 0 Å². The van der Waals surface area contributed by atoms with E-state index in [2.05, 4.69) is 20.8 Å². The fraction of sp³-hybridized carbons (Fsp3) is 0.350. The average molecular weight is 355 g/mol. The van der Waals surface area contributed by atoms with Crippen molar-refractivity contribution in [2.45, 2.75) is 32.3 Å². The van der Waals surface area contributed by atoms with Crippen molar-refractivity contribution in [1.29, 1.82) is 0 Å². The Bertz CT molecular complexity index is 850. The second-order valence-electron chi connectivity index (χ2n) is 7.40. The summed E-state index contributed by atoms with van der Waals surface area (Å²) in [5.74, 6) is 0.0253. The number of carbonyl (C=O) groups is 1. The van der Waals surface area contributed by atoms with Crippen molar-refractivity contribution in [3.05, 3.63) is 69.3 Å². The van der Waals surface area contributed by atoms with Crippen molar-refractivity contribution in [2.24, 2.45) is 0 Å². The van der Waals surface area contributed by atoms with Gasteiger partial charge in [-0.3, -0.25) is 14.9 Å². The fourth-order valence-corrected chi connectivity index (χ4v) is 2.55. The molecule has 0 saturated carbocycles. The first-order valence-corrected chi connectivity index (χ1v) is 8.43. The van der Waals surface area contributed by atoms with Gasteiger partial charge in [0.25, 0.3) is 5.69 Å². The summed E-state index contributed by atoms with van der Waals surface area (Å²) in [7, 11) is 0. The first-order valence-electron chi connectivity index (χ1n) is 8.43. The topological polar surface area (TPSA) is 82.0 Å². The molecule has 2 aromatic carbocycles. The Morgan fingerprint density at radius 1 is 1.23 bits per heavy atom. The monoisotopic (exact) mass is 355 g/mol. The first kappa shape index (κ1) is 18.1. The number of nitro groups is 1. The minimum Gasteiger partial charge on any atom is -0.491 e. The molecule has 1 aliphatic heterocycles. The molecule has 1 aliphatic rings. The predicted octanol–water partition coefficient (Wildman–Crippen LogP) is 3.90. The molecule has 2 aromatic rings. The Morgan fingerprint density at radius 3 is 2.58 bits per heavy atom. The van der Waals surface area contributed by atoms with Gasteiger partial charge in [-0.05, 0) is 23.1 Å². The van der Waals surface area contributed by atoms with E-state index in [1.165, 1.54) is 12.1 Å². The van der Waals surface area contributed by atoms with Gasteiger partial charge >= 0.3 is 0 Å². The molecule has 1 atom stereocenters. The Kier molecular flexibility index (Phi) is 4.78. The number of hydrogen-bond acceptors (Lipinski definition) is 5. The Balaban J connectivity index is 1.93. The molecule has 0 N–H and O–H groups in total. The van der Waals surface area contributed by atoms with E-state index in [1.54, 1.807) is 12.1 Å². The summed E-state index contributed by atoms with van der Waals surface area (Å²) in [6.45, 7) is 7.14. The zero-order chi connectivity index (χ0) is 18.9. The smallest absolute Gasteiger partial charge is 0.273 e. The van der Waals surface area contributed by atoms with Crippen LogP contribution in [-0.4, -0.2) is 30.0 Å². The standard InChI is InChI=1S/C20H21NO5/c1-20(2,3)15-6-4-5-13(7-15)19(22)14-8-16(21(23)24)10-17(9-14)25-11-18-12-26-18/h4-10,18H,11-12H2,1-3H3. The lowest BCUT2D eigenvalue weighted by atomic mass is 9.85. The molecule has 0 amide bonds. The molecule has 0 bridgehead atoms. The second kappa shape index (κ2) is 6.88. The zero-order valence-corrected chi connectivity index (χ0v) is 15.0. The van der Waals surface area contributed by atoms with Crippen LogP contribution in [0.4, 0.5) is 5.69 Å². The van der Waals surface area contributed by atoms with E-state index in [4.69, 9.17) is 9.47 Å². The molecule has 6 heteroatoms. The predicted molar refractivity (Wildman–Crippen MR) is 96.9 cm³/mol. The van der Waals surface area contributed by atoms with Crippen molar-refractivity contribution in [3.63, 3.8) is 0 Å². The maximum absolute atomic E-state index is 12.9. The van der Waals surface area contributed by atoms with Crippen LogP contribution in [0.25, 0.3) is 0 Å². The number of nitrogens with zero attached hydrogens (tertiary/aromatic N) is 1. The van der Waals surface area contributed by atoms with Crippen molar-refractivity contribution in [1.82, 2.24) is 0 Å². The SMILES string of the molecule is CC(C)(C)c1cccc(C(=O)c2cc(OCC3CO3)cc([N+](=O)[O-])c2)c1. The summed E-state index contributed by atoms with van der Waals surface area (Å²) >= 11 is 0. The molecule has 1 fully saturated rings. The number of nitro benzene ring substituents is 1. The highest BCUT2D eigenvalue weighted by atomic mass is 16.6. The third-order valence-electron chi connectivity index (χ3n) is 4.19. The highest BCUT2D eigenvalue weighted by Gasteiger charge is 2.24. The van der Waals surface area contributed by atoms with Gasteiger partial charge < -0.3 is 9.47 Å². The van der Waals surface area contributed by atoms with E-state index in [0.29, 0.717) is 24.5 Å². The third kappa shape index (κ3) is 4.26. The largest absolute Gasteiger partial charge is 0.491 e. The van der Waals surface area contributed by atoms with Gasteiger partial charge in [0.2, 0.25) is 0 Å². The Hall–Kier alpha value is -2.73. The van der Waals surface area contributed by atoms with Crippen molar-refractivity contribution in [3.8, 4) is 5.75 Å². The van der Waals surface area contributed by atoms with Gasteiger partial charge in [-0.2, -0.15) is 0 Å². The van der Waals surface area contributed by atoms with Crippen LogP contribution in [0.2, 0.25) is 0 Å². The van der Waals surface area contributed by atoms with E-state index < -0.39 is 4.92 Å². The van der Waals surface area contributed by atoms with E-state index in [-0.39, 0.29) is 28.6 Å². The molecule has 1 heterocycles. The average Bonchev–Trinajstić information content (AvgIpc) is 3.43. The Labute approximate surface area is 151 Å². The lowest BCUT2D eigenvalue weighted by Gasteiger charge is -2.19. The van der Waals surface area contributed by atoms with Gasteiger partial charge in [-0.15, -0.1) is 0 Å². The van der Waals surface area contributed by atoms with E-state index >= 15 is 0 Å². The maximum Gasteiger partial charge on any atom is 0.273 e. The van der Waals surface area contributed by atoms with Crippen LogP contribution in [0.3, 0.4) is 0 Å². The van der Waals surface area contributed by atoms with Crippen molar-refractivity contribution < 1.29 is 19.2 Å². The highest BCUT2D eigenvalue weighted by molar-refractivity contribution is 6.09. The van der Waals surface area contributed by atoms with Crippen LogP contribution < -0.4 is 4.74 Å². The number of ketones is 1. The van der Waals surface area contributed by atoms with Crippen LogP contribution in [0.5, 0.6) is 5.75 Å². The molecule has 26 heavy (non-hydrogen) atoms. The lowest BCUT2D eigenvalue weighted by Crippen LogP contribution is -2.12. The summed E-state index contributed by atoms with van der Waals surface area (Å²) < 4.78 is 10.6. The number of carbonyl (C=O) groups excluding carboxylic acids is 1. The van der Waals surface area contributed by atoms with Crippen LogP contribution in [-0.2, 0) is 10.2 Å². The molecule has 6 nitrogen and oxygen atoms in total. The van der Waals surface area contributed by atoms with Crippen LogP contribution in [0.15, 0.2) is 42.5 Å². The Morgan fingerprint density at radius 2 is 1.96 bits per heavy atom. The van der Waals surface area contributed by atoms with Gasteiger partial charge in [0.05, 0.1) is 17.6 Å². The first-order chi connectivity index (χ1) is 12.2. The van der Waals surface area contributed by atoms with E-state index in [9.17, 15) is 14.9 Å². The van der Waals surface area contributed by atoms with Gasteiger partial charge in [-0.1, -0.05) is 39.0 Å². The summed E-state index contributed by atoms with van der Waals surface area (Å²) in [5.41, 5.74) is 1.48. The zero-order valence-electron chi connectivity index (χ0n) is 15.0. The molecular weight excluding hydrogens is 334 g/mol. The summed E-state index contributed by atoms with van der Waals surface area (Å²) in [4.78, 5) is 23.6. The highest BCUT2D eigenvalue weighted by Crippen LogP contribution is 2.27. The number of epoxide rings is 1. The summed E-state index contributed by atoms with van der Waals surface area (Å²) in [6, 6.07) is 11.5. The van der Waals surface area contributed by atoms with Crippen LogP contribution in [0, 0.1) is 10.1 Å². The van der Waals surface area contributed by atoms with Crippen molar-refractivity contribution in [2.75, 3.05) is 13.2 Å². The van der Waals surface area contributed by atoms with Gasteiger partial charge in [0, 0.05) is 17.2 Å². The minimum absolute atomic E-state index is 0.0249.